The number of hydrogen-bond donors (Lipinski definition) is 4. The molecule has 9 nitrogen and oxygen atoms in total. The van der Waals surface area contributed by atoms with Crippen molar-refractivity contribution in [1.82, 2.24) is 19.5 Å². The number of carbonyl (C=O) groups is 1. The number of halogens is 3. The zero-order valence-electron chi connectivity index (χ0n) is 20.5. The number of fused-ring (bicyclic) bond motifs is 1. The highest BCUT2D eigenvalue weighted by Crippen LogP contribution is 2.43. The Morgan fingerprint density at radius 3 is 2.54 bits per heavy atom. The molecule has 12 heteroatoms. The molecule has 0 bridgehead atoms. The quantitative estimate of drug-likeness (QED) is 0.326. The Hall–Kier alpha value is -2.69. The third kappa shape index (κ3) is 5.32. The highest BCUT2D eigenvalue weighted by atomic mass is 35.5. The summed E-state index contributed by atoms with van der Waals surface area (Å²) < 4.78 is 15.8. The van der Waals surface area contributed by atoms with Gasteiger partial charge in [0.25, 0.3) is 0 Å². The van der Waals surface area contributed by atoms with Crippen molar-refractivity contribution < 1.29 is 14.3 Å². The zero-order valence-corrected chi connectivity index (χ0v) is 22.0. The highest BCUT2D eigenvalue weighted by Gasteiger charge is 2.38. The fourth-order valence-electron chi connectivity index (χ4n) is 5.39. The lowest BCUT2D eigenvalue weighted by molar-refractivity contribution is -0.128. The smallest absolute Gasteiger partial charge is 0.224 e. The molecule has 2 aliphatic carbocycles. The molecule has 2 atom stereocenters. The van der Waals surface area contributed by atoms with Crippen LogP contribution in [-0.4, -0.2) is 42.7 Å². The second-order valence-corrected chi connectivity index (χ2v) is 11.2. The third-order valence-electron chi connectivity index (χ3n) is 7.67. The van der Waals surface area contributed by atoms with Crippen LogP contribution >= 0.6 is 23.2 Å². The van der Waals surface area contributed by atoms with Gasteiger partial charge in [0, 0.05) is 17.5 Å². The molecule has 1 aromatic carbocycles. The molecule has 2 aliphatic rings. The molecule has 2 aromatic heterocycles. The summed E-state index contributed by atoms with van der Waals surface area (Å²) in [5.41, 5.74) is 6.62. The maximum Gasteiger partial charge on any atom is 0.224 e. The monoisotopic (exact) mass is 549 g/mol. The first-order chi connectivity index (χ1) is 17.6. The number of aliphatic hydroxyl groups is 1. The van der Waals surface area contributed by atoms with E-state index < -0.39 is 11.2 Å². The normalized spacial score (nSPS) is 26.2. The highest BCUT2D eigenvalue weighted by molar-refractivity contribution is 6.39. The summed E-state index contributed by atoms with van der Waals surface area (Å²) in [6.07, 6.45) is 7.26. The van der Waals surface area contributed by atoms with Gasteiger partial charge in [-0.25, -0.2) is 14.4 Å². The van der Waals surface area contributed by atoms with Gasteiger partial charge >= 0.3 is 0 Å². The van der Waals surface area contributed by atoms with E-state index in [1.165, 1.54) is 12.1 Å². The maximum atomic E-state index is 13.8. The number of anilines is 3. The molecule has 3 aromatic rings. The summed E-state index contributed by atoms with van der Waals surface area (Å²) in [6, 6.07) is 2.42. The largest absolute Gasteiger partial charge is 0.393 e. The lowest BCUT2D eigenvalue weighted by Gasteiger charge is -2.35. The Morgan fingerprint density at radius 2 is 1.89 bits per heavy atom. The van der Waals surface area contributed by atoms with Gasteiger partial charge in [0.15, 0.2) is 5.65 Å². The number of rotatable bonds is 6. The van der Waals surface area contributed by atoms with Gasteiger partial charge in [-0.1, -0.05) is 30.1 Å². The van der Waals surface area contributed by atoms with Gasteiger partial charge in [-0.2, -0.15) is 4.98 Å². The number of hydrogen-bond acceptors (Lipinski definition) is 7. The van der Waals surface area contributed by atoms with Gasteiger partial charge < -0.3 is 21.5 Å². The van der Waals surface area contributed by atoms with Gasteiger partial charge in [-0.15, -0.1) is 0 Å². The van der Waals surface area contributed by atoms with Gasteiger partial charge in [-0.3, -0.25) is 9.36 Å². The van der Waals surface area contributed by atoms with Crippen molar-refractivity contribution in [2.24, 2.45) is 11.1 Å². The second-order valence-electron chi connectivity index (χ2n) is 10.4. The Morgan fingerprint density at radius 1 is 1.19 bits per heavy atom. The van der Waals surface area contributed by atoms with Crippen LogP contribution in [0.1, 0.15) is 64.3 Å². The van der Waals surface area contributed by atoms with Gasteiger partial charge in [0.2, 0.25) is 17.8 Å². The number of nitrogens with zero attached hydrogens (tertiary/aromatic N) is 4. The van der Waals surface area contributed by atoms with Crippen LogP contribution in [0.2, 0.25) is 10.0 Å². The summed E-state index contributed by atoms with van der Waals surface area (Å²) in [5, 5.41) is 16.8. The first kappa shape index (κ1) is 25.9. The van der Waals surface area contributed by atoms with Crippen LogP contribution in [0.4, 0.5) is 22.0 Å². The van der Waals surface area contributed by atoms with Crippen LogP contribution in [0.25, 0.3) is 11.2 Å². The zero-order chi connectivity index (χ0) is 26.3. The molecule has 198 valence electrons. The molecule has 2 fully saturated rings. The topological polar surface area (TPSA) is 131 Å². The van der Waals surface area contributed by atoms with Crippen LogP contribution in [0.3, 0.4) is 0 Å². The van der Waals surface area contributed by atoms with E-state index in [1.54, 1.807) is 6.20 Å². The number of aliphatic hydroxyl groups excluding tert-OH is 1. The van der Waals surface area contributed by atoms with E-state index in [1.807, 2.05) is 11.5 Å². The van der Waals surface area contributed by atoms with Crippen molar-refractivity contribution in [3.63, 3.8) is 0 Å². The number of primary amides is 1. The Labute approximate surface area is 224 Å². The van der Waals surface area contributed by atoms with E-state index in [0.717, 1.165) is 19.3 Å². The van der Waals surface area contributed by atoms with Crippen molar-refractivity contribution in [2.75, 3.05) is 10.6 Å². The molecular weight excluding hydrogens is 520 g/mol. The molecule has 5 N–H and O–H groups in total. The predicted molar refractivity (Wildman–Crippen MR) is 142 cm³/mol. The van der Waals surface area contributed by atoms with Crippen LogP contribution in [0, 0.1) is 11.2 Å². The van der Waals surface area contributed by atoms with Crippen LogP contribution < -0.4 is 16.4 Å². The molecule has 0 radical (unpaired) electrons. The Bertz CT molecular complexity index is 1300. The molecule has 2 saturated carbocycles. The number of imidazole rings is 1. The lowest BCUT2D eigenvalue weighted by atomic mass is 9.73. The summed E-state index contributed by atoms with van der Waals surface area (Å²) in [4.78, 5) is 26.0. The van der Waals surface area contributed by atoms with Crippen molar-refractivity contribution in [3.8, 4) is 0 Å². The fourth-order valence-corrected chi connectivity index (χ4v) is 5.94. The number of benzene rings is 1. The third-order valence-corrected chi connectivity index (χ3v) is 8.27. The molecule has 1 amide bonds. The van der Waals surface area contributed by atoms with E-state index in [0.29, 0.717) is 60.9 Å². The van der Waals surface area contributed by atoms with E-state index in [9.17, 15) is 14.3 Å². The molecule has 0 saturated heterocycles. The SMILES string of the molecule is CC1(C(N)=O)CCC(n2c(Nc3c(Cl)cc(F)cc3Cl)nc3cnc(NC4CCC[C@@H](O)C4)nc32)CC1. The molecule has 1 unspecified atom stereocenters. The summed E-state index contributed by atoms with van der Waals surface area (Å²) >= 11 is 12.6. The number of nitrogens with two attached hydrogens (primary N) is 1. The minimum absolute atomic E-state index is 0.0304. The lowest BCUT2D eigenvalue weighted by Crippen LogP contribution is -2.38. The van der Waals surface area contributed by atoms with Crippen molar-refractivity contribution >= 4 is 57.9 Å². The summed E-state index contributed by atoms with van der Waals surface area (Å²) in [6.45, 7) is 1.90. The minimum atomic E-state index is -0.562. The van der Waals surface area contributed by atoms with Crippen molar-refractivity contribution in [2.45, 2.75) is 76.5 Å². The van der Waals surface area contributed by atoms with Gasteiger partial charge in [0.05, 0.1) is 28.0 Å². The first-order valence-electron chi connectivity index (χ1n) is 12.5. The number of aromatic nitrogens is 4. The number of nitrogens with one attached hydrogen (secondary N) is 2. The van der Waals surface area contributed by atoms with E-state index in [2.05, 4.69) is 15.6 Å². The Kier molecular flexibility index (Phi) is 7.17. The summed E-state index contributed by atoms with van der Waals surface area (Å²) in [5.74, 6) is 0.0576. The molecule has 5 rings (SSSR count). The second kappa shape index (κ2) is 10.2. The number of amides is 1. The molecule has 0 spiro atoms. The van der Waals surface area contributed by atoms with E-state index in [4.69, 9.17) is 38.9 Å². The average Bonchev–Trinajstić information content (AvgIpc) is 3.19. The van der Waals surface area contributed by atoms with Gasteiger partial charge in [0.1, 0.15) is 11.3 Å². The van der Waals surface area contributed by atoms with E-state index >= 15 is 0 Å². The number of carbonyl (C=O) groups excluding carboxylic acids is 1. The minimum Gasteiger partial charge on any atom is -0.393 e. The average molecular weight is 550 g/mol. The standard InChI is InChI=1S/C25H30Cl2FN7O2/c1-25(22(29)37)7-5-15(6-8-25)35-21-19(12-30-23(34-21)31-14-3-2-4-16(36)11-14)32-24(35)33-20-17(26)9-13(28)10-18(20)27/h9-10,12,14-16,36H,2-8,11H2,1H3,(H2,29,37)(H,32,33)(H,30,31,34)/t14?,15?,16-,25?/m1/s1. The molecule has 0 aliphatic heterocycles. The van der Waals surface area contributed by atoms with Gasteiger partial charge in [-0.05, 0) is 63.5 Å². The molecule has 37 heavy (non-hydrogen) atoms. The molecular formula is C25H30Cl2FN7O2. The van der Waals surface area contributed by atoms with Crippen molar-refractivity contribution in [1.29, 1.82) is 0 Å². The predicted octanol–water partition coefficient (Wildman–Crippen LogP) is 5.34. The first-order valence-corrected chi connectivity index (χ1v) is 13.3. The van der Waals surface area contributed by atoms with Crippen LogP contribution in [-0.2, 0) is 4.79 Å². The van der Waals surface area contributed by atoms with E-state index in [-0.39, 0.29) is 34.1 Å². The van der Waals surface area contributed by atoms with Crippen LogP contribution in [0.15, 0.2) is 18.3 Å². The summed E-state index contributed by atoms with van der Waals surface area (Å²) in [7, 11) is 0. The fraction of sp³-hybridized carbons (Fsp3) is 0.520. The Balaban J connectivity index is 1.52. The van der Waals surface area contributed by atoms with Crippen molar-refractivity contribution in [3.05, 3.63) is 34.2 Å². The van der Waals surface area contributed by atoms with Crippen LogP contribution in [0.5, 0.6) is 0 Å². The molecule has 2 heterocycles. The maximum absolute atomic E-state index is 13.8.